The van der Waals surface area contributed by atoms with Crippen molar-refractivity contribution in [2.24, 2.45) is 5.10 Å². The van der Waals surface area contributed by atoms with E-state index in [0.29, 0.717) is 21.8 Å². The van der Waals surface area contributed by atoms with Crippen molar-refractivity contribution in [3.63, 3.8) is 0 Å². The van der Waals surface area contributed by atoms with Crippen molar-refractivity contribution < 1.29 is 4.92 Å². The molecule has 0 N–H and O–H groups in total. The summed E-state index contributed by atoms with van der Waals surface area (Å²) in [6.45, 7) is 1.82. The maximum absolute atomic E-state index is 10.7. The number of halogens is 1. The Labute approximate surface area is 158 Å². The van der Waals surface area contributed by atoms with Crippen molar-refractivity contribution in [3.05, 3.63) is 80.6 Å². The molecule has 0 saturated heterocycles. The first-order valence-corrected chi connectivity index (χ1v) is 8.97. The number of nitro benzene ring substituents is 1. The van der Waals surface area contributed by atoms with Gasteiger partial charge in [-0.25, -0.2) is 0 Å². The molecule has 3 aromatic rings. The zero-order valence-electron chi connectivity index (χ0n) is 13.7. The van der Waals surface area contributed by atoms with Gasteiger partial charge in [0.25, 0.3) is 5.69 Å². The Kier molecular flexibility index (Phi) is 5.65. The van der Waals surface area contributed by atoms with Crippen LogP contribution in [0.1, 0.15) is 17.0 Å². The van der Waals surface area contributed by atoms with Gasteiger partial charge in [0.1, 0.15) is 0 Å². The second kappa shape index (κ2) is 8.11. The van der Waals surface area contributed by atoms with E-state index in [1.54, 1.807) is 29.1 Å². The summed E-state index contributed by atoms with van der Waals surface area (Å²) < 4.78 is 1.65. The van der Waals surface area contributed by atoms with Gasteiger partial charge in [0.15, 0.2) is 5.82 Å². The van der Waals surface area contributed by atoms with Crippen molar-refractivity contribution in [1.29, 1.82) is 0 Å². The predicted octanol–water partition coefficient (Wildman–Crippen LogP) is 4.32. The Morgan fingerprint density at radius 3 is 2.73 bits per heavy atom. The molecule has 0 amide bonds. The topological polar surface area (TPSA) is 86.2 Å². The summed E-state index contributed by atoms with van der Waals surface area (Å²) >= 11 is 7.43. The highest BCUT2D eigenvalue weighted by atomic mass is 35.5. The van der Waals surface area contributed by atoms with Crippen LogP contribution in [0.15, 0.2) is 58.8 Å². The average Bonchev–Trinajstić information content (AvgIpc) is 2.98. The Bertz CT molecular complexity index is 956. The molecule has 0 aliphatic rings. The van der Waals surface area contributed by atoms with E-state index in [2.05, 4.69) is 15.3 Å². The molecule has 0 saturated carbocycles. The molecule has 0 aliphatic heterocycles. The maximum atomic E-state index is 10.7. The fourth-order valence-electron chi connectivity index (χ4n) is 2.13. The number of aromatic nitrogens is 3. The van der Waals surface area contributed by atoms with Crippen LogP contribution < -0.4 is 0 Å². The third-order valence-electron chi connectivity index (χ3n) is 3.45. The van der Waals surface area contributed by atoms with Gasteiger partial charge in [-0.3, -0.25) is 10.1 Å². The molecular formula is C17H14ClN5O2S. The molecule has 9 heteroatoms. The van der Waals surface area contributed by atoms with Crippen molar-refractivity contribution in [1.82, 2.24) is 14.9 Å². The third kappa shape index (κ3) is 4.47. The monoisotopic (exact) mass is 387 g/mol. The van der Waals surface area contributed by atoms with Crippen LogP contribution >= 0.6 is 23.4 Å². The van der Waals surface area contributed by atoms with Crippen molar-refractivity contribution in [2.45, 2.75) is 17.8 Å². The minimum Gasteiger partial charge on any atom is -0.258 e. The molecule has 0 fully saturated rings. The van der Waals surface area contributed by atoms with Crippen molar-refractivity contribution >= 4 is 35.3 Å². The Morgan fingerprint density at radius 2 is 2.04 bits per heavy atom. The molecule has 132 valence electrons. The quantitative estimate of drug-likeness (QED) is 0.272. The smallest absolute Gasteiger partial charge is 0.258 e. The van der Waals surface area contributed by atoms with E-state index < -0.39 is 4.92 Å². The number of hydrogen-bond acceptors (Lipinski definition) is 6. The summed E-state index contributed by atoms with van der Waals surface area (Å²) in [6, 6.07) is 13.8. The SMILES string of the molecule is Cc1nnc(SCc2ccc([N+](=O)[O-])cc2)n1N=Cc1cccc(Cl)c1. The summed E-state index contributed by atoms with van der Waals surface area (Å²) in [6.07, 6.45) is 1.69. The number of nitro groups is 1. The summed E-state index contributed by atoms with van der Waals surface area (Å²) in [5, 5.41) is 24.6. The van der Waals surface area contributed by atoms with Gasteiger partial charge in [-0.05, 0) is 30.2 Å². The first-order valence-electron chi connectivity index (χ1n) is 7.61. The molecule has 0 bridgehead atoms. The molecule has 3 rings (SSSR count). The number of thioether (sulfide) groups is 1. The van der Waals surface area contributed by atoms with Crippen LogP contribution in [0.25, 0.3) is 0 Å². The first kappa shape index (κ1) is 18.1. The third-order valence-corrected chi connectivity index (χ3v) is 4.68. The van der Waals surface area contributed by atoms with Crippen LogP contribution in [-0.2, 0) is 5.75 Å². The van der Waals surface area contributed by atoms with Crippen LogP contribution in [0, 0.1) is 17.0 Å². The van der Waals surface area contributed by atoms with E-state index in [1.165, 1.54) is 23.9 Å². The lowest BCUT2D eigenvalue weighted by molar-refractivity contribution is -0.384. The average molecular weight is 388 g/mol. The van der Waals surface area contributed by atoms with Crippen LogP contribution in [-0.4, -0.2) is 26.0 Å². The first-order chi connectivity index (χ1) is 12.5. The van der Waals surface area contributed by atoms with Gasteiger partial charge in [0, 0.05) is 22.9 Å². The highest BCUT2D eigenvalue weighted by molar-refractivity contribution is 7.98. The van der Waals surface area contributed by atoms with E-state index in [1.807, 2.05) is 25.1 Å². The molecule has 0 unspecified atom stereocenters. The fraction of sp³-hybridized carbons (Fsp3) is 0.118. The number of aryl methyl sites for hydroxylation is 1. The lowest BCUT2D eigenvalue weighted by Gasteiger charge is -2.03. The van der Waals surface area contributed by atoms with Gasteiger partial charge < -0.3 is 0 Å². The molecule has 0 radical (unpaired) electrons. The molecule has 1 heterocycles. The van der Waals surface area contributed by atoms with E-state index >= 15 is 0 Å². The molecule has 1 aromatic heterocycles. The lowest BCUT2D eigenvalue weighted by Crippen LogP contribution is -1.96. The minimum absolute atomic E-state index is 0.0730. The predicted molar refractivity (Wildman–Crippen MR) is 102 cm³/mol. The lowest BCUT2D eigenvalue weighted by atomic mass is 10.2. The summed E-state index contributed by atoms with van der Waals surface area (Å²) in [5.41, 5.74) is 1.90. The van der Waals surface area contributed by atoms with Crippen molar-refractivity contribution in [2.75, 3.05) is 0 Å². The van der Waals surface area contributed by atoms with Gasteiger partial charge in [-0.2, -0.15) is 9.78 Å². The number of rotatable bonds is 6. The second-order valence-electron chi connectivity index (χ2n) is 5.35. The molecule has 2 aromatic carbocycles. The van der Waals surface area contributed by atoms with Gasteiger partial charge in [0.2, 0.25) is 5.16 Å². The number of hydrogen-bond donors (Lipinski definition) is 0. The number of benzene rings is 2. The molecule has 0 spiro atoms. The summed E-state index contributed by atoms with van der Waals surface area (Å²) in [5.74, 6) is 1.26. The zero-order chi connectivity index (χ0) is 18.5. The molecule has 0 aliphatic carbocycles. The Morgan fingerprint density at radius 1 is 1.27 bits per heavy atom. The van der Waals surface area contributed by atoms with E-state index in [-0.39, 0.29) is 5.69 Å². The molecule has 26 heavy (non-hydrogen) atoms. The molecular weight excluding hydrogens is 374 g/mol. The van der Waals surface area contributed by atoms with Gasteiger partial charge in [0.05, 0.1) is 11.1 Å². The van der Waals surface area contributed by atoms with Crippen molar-refractivity contribution in [3.8, 4) is 0 Å². The van der Waals surface area contributed by atoms with Crippen LogP contribution in [0.4, 0.5) is 5.69 Å². The van der Waals surface area contributed by atoms with E-state index in [4.69, 9.17) is 11.6 Å². The minimum atomic E-state index is -0.415. The Hall–Kier alpha value is -2.71. The summed E-state index contributed by atoms with van der Waals surface area (Å²) in [7, 11) is 0. The highest BCUT2D eigenvalue weighted by Crippen LogP contribution is 2.23. The standard InChI is InChI=1S/C17H14ClN5O2S/c1-12-20-21-17(22(12)19-10-14-3-2-4-15(18)9-14)26-11-13-5-7-16(8-6-13)23(24)25/h2-10H,11H2,1H3. The largest absolute Gasteiger partial charge is 0.269 e. The van der Waals surface area contributed by atoms with Crippen LogP contribution in [0.2, 0.25) is 5.02 Å². The van der Waals surface area contributed by atoms with Gasteiger partial charge in [-0.15, -0.1) is 10.2 Å². The normalized spacial score (nSPS) is 11.2. The van der Waals surface area contributed by atoms with Gasteiger partial charge >= 0.3 is 0 Å². The zero-order valence-corrected chi connectivity index (χ0v) is 15.3. The molecule has 7 nitrogen and oxygen atoms in total. The summed E-state index contributed by atoms with van der Waals surface area (Å²) in [4.78, 5) is 10.3. The van der Waals surface area contributed by atoms with Gasteiger partial charge in [-0.1, -0.05) is 47.6 Å². The maximum Gasteiger partial charge on any atom is 0.269 e. The second-order valence-corrected chi connectivity index (χ2v) is 6.73. The highest BCUT2D eigenvalue weighted by Gasteiger charge is 2.10. The van der Waals surface area contributed by atoms with Crippen LogP contribution in [0.5, 0.6) is 0 Å². The number of non-ortho nitro benzene ring substituents is 1. The van der Waals surface area contributed by atoms with E-state index in [0.717, 1.165) is 11.1 Å². The van der Waals surface area contributed by atoms with Crippen LogP contribution in [0.3, 0.4) is 0 Å². The Balaban J connectivity index is 1.72. The van der Waals surface area contributed by atoms with E-state index in [9.17, 15) is 10.1 Å². The fourth-order valence-corrected chi connectivity index (χ4v) is 3.22. The molecule has 0 atom stereocenters. The number of nitrogens with zero attached hydrogens (tertiary/aromatic N) is 5.